The molecule has 0 spiro atoms. The van der Waals surface area contributed by atoms with E-state index in [0.717, 1.165) is 11.1 Å². The van der Waals surface area contributed by atoms with Crippen molar-refractivity contribution in [1.29, 1.82) is 5.26 Å². The van der Waals surface area contributed by atoms with Crippen molar-refractivity contribution in [3.05, 3.63) is 109 Å². The number of rotatable bonds is 9. The minimum absolute atomic E-state index is 0.0376. The first-order chi connectivity index (χ1) is 13.2. The fraction of sp³-hybridized carbons (Fsp3) is 0.130. The summed E-state index contributed by atoms with van der Waals surface area (Å²) in [6.45, 7) is 8.44. The molecule has 0 aliphatic heterocycles. The van der Waals surface area contributed by atoms with E-state index in [1.165, 1.54) is 0 Å². The maximum atomic E-state index is 12.8. The Morgan fingerprint density at radius 3 is 1.89 bits per heavy atom. The SMILES string of the molecule is C=CCN(/C=C(/C#N)C(=O)NC(c1ccccc1)c1ccccc1)CC=C. The molecule has 2 aromatic carbocycles. The molecule has 0 aliphatic rings. The van der Waals surface area contributed by atoms with E-state index in [9.17, 15) is 10.1 Å². The van der Waals surface area contributed by atoms with Gasteiger partial charge in [0.2, 0.25) is 0 Å². The Bertz CT molecular complexity index is 785. The van der Waals surface area contributed by atoms with E-state index in [2.05, 4.69) is 18.5 Å². The number of hydrogen-bond donors (Lipinski definition) is 1. The molecular weight excluding hydrogens is 334 g/mol. The Morgan fingerprint density at radius 1 is 1.00 bits per heavy atom. The molecule has 1 amide bonds. The van der Waals surface area contributed by atoms with Crippen LogP contribution in [0.5, 0.6) is 0 Å². The lowest BCUT2D eigenvalue weighted by molar-refractivity contribution is -0.117. The molecule has 0 aromatic heterocycles. The van der Waals surface area contributed by atoms with Crippen molar-refractivity contribution in [3.8, 4) is 6.07 Å². The molecule has 0 radical (unpaired) electrons. The quantitative estimate of drug-likeness (QED) is 0.420. The van der Waals surface area contributed by atoms with Gasteiger partial charge in [0.25, 0.3) is 5.91 Å². The first-order valence-electron chi connectivity index (χ1n) is 8.68. The van der Waals surface area contributed by atoms with Crippen LogP contribution in [0.15, 0.2) is 97.7 Å². The lowest BCUT2D eigenvalue weighted by atomic mass is 9.98. The van der Waals surface area contributed by atoms with Crippen LogP contribution in [0, 0.1) is 11.3 Å². The Morgan fingerprint density at radius 2 is 1.48 bits per heavy atom. The molecule has 0 heterocycles. The Labute approximate surface area is 160 Å². The minimum atomic E-state index is -0.423. The predicted molar refractivity (Wildman–Crippen MR) is 109 cm³/mol. The summed E-state index contributed by atoms with van der Waals surface area (Å²) in [6.07, 6.45) is 4.97. The van der Waals surface area contributed by atoms with Gasteiger partial charge in [-0.1, -0.05) is 72.8 Å². The van der Waals surface area contributed by atoms with E-state index >= 15 is 0 Å². The van der Waals surface area contributed by atoms with Crippen molar-refractivity contribution in [1.82, 2.24) is 10.2 Å². The molecule has 2 aromatic rings. The van der Waals surface area contributed by atoms with Gasteiger partial charge in [-0.2, -0.15) is 5.26 Å². The normalized spacial score (nSPS) is 10.7. The van der Waals surface area contributed by atoms with Gasteiger partial charge in [0.15, 0.2) is 0 Å². The molecule has 2 rings (SSSR count). The molecular formula is C23H23N3O. The van der Waals surface area contributed by atoms with Crippen molar-refractivity contribution < 1.29 is 4.79 Å². The largest absolute Gasteiger partial charge is 0.369 e. The van der Waals surface area contributed by atoms with Crippen LogP contribution in [0.25, 0.3) is 0 Å². The van der Waals surface area contributed by atoms with Crippen LogP contribution in [0.3, 0.4) is 0 Å². The molecule has 0 saturated carbocycles. The van der Waals surface area contributed by atoms with Crippen molar-refractivity contribution in [3.63, 3.8) is 0 Å². The van der Waals surface area contributed by atoms with Gasteiger partial charge in [-0.3, -0.25) is 4.79 Å². The van der Waals surface area contributed by atoms with Gasteiger partial charge >= 0.3 is 0 Å². The van der Waals surface area contributed by atoms with Crippen LogP contribution in [0.1, 0.15) is 17.2 Å². The molecule has 0 saturated heterocycles. The van der Waals surface area contributed by atoms with E-state index in [4.69, 9.17) is 0 Å². The van der Waals surface area contributed by atoms with Gasteiger partial charge < -0.3 is 10.2 Å². The van der Waals surface area contributed by atoms with Crippen molar-refractivity contribution in [2.24, 2.45) is 0 Å². The first-order valence-corrected chi connectivity index (χ1v) is 8.68. The van der Waals surface area contributed by atoms with E-state index in [1.54, 1.807) is 23.3 Å². The number of hydrogen-bond acceptors (Lipinski definition) is 3. The minimum Gasteiger partial charge on any atom is -0.369 e. The zero-order valence-electron chi connectivity index (χ0n) is 15.2. The molecule has 0 atom stereocenters. The standard InChI is InChI=1S/C23H23N3O/c1-3-15-26(16-4-2)18-21(17-24)23(27)25-22(19-11-7-5-8-12-19)20-13-9-6-10-14-20/h3-14,18,22H,1-2,15-16H2,(H,25,27)/b21-18-. The fourth-order valence-corrected chi connectivity index (χ4v) is 2.69. The molecule has 0 unspecified atom stereocenters. The van der Waals surface area contributed by atoms with Crippen LogP contribution < -0.4 is 5.32 Å². The highest BCUT2D eigenvalue weighted by Gasteiger charge is 2.19. The van der Waals surface area contributed by atoms with Gasteiger partial charge in [0.1, 0.15) is 11.6 Å². The van der Waals surface area contributed by atoms with Crippen LogP contribution in [-0.2, 0) is 4.79 Å². The molecule has 27 heavy (non-hydrogen) atoms. The molecule has 4 heteroatoms. The van der Waals surface area contributed by atoms with Gasteiger partial charge in [0.05, 0.1) is 6.04 Å². The lowest BCUT2D eigenvalue weighted by Gasteiger charge is -2.21. The average Bonchev–Trinajstić information content (AvgIpc) is 2.71. The maximum absolute atomic E-state index is 12.8. The number of carbonyl (C=O) groups is 1. The van der Waals surface area contributed by atoms with Crippen molar-refractivity contribution in [2.45, 2.75) is 6.04 Å². The molecule has 4 nitrogen and oxygen atoms in total. The van der Waals surface area contributed by atoms with Crippen LogP contribution >= 0.6 is 0 Å². The molecule has 0 bridgehead atoms. The Balaban J connectivity index is 2.30. The zero-order chi connectivity index (χ0) is 19.5. The number of nitrogens with one attached hydrogen (secondary N) is 1. The summed E-state index contributed by atoms with van der Waals surface area (Å²) in [4.78, 5) is 14.6. The summed E-state index contributed by atoms with van der Waals surface area (Å²) in [5, 5.41) is 12.5. The zero-order valence-corrected chi connectivity index (χ0v) is 15.2. The molecule has 136 valence electrons. The van der Waals surface area contributed by atoms with E-state index in [0.29, 0.717) is 13.1 Å². The highest BCUT2D eigenvalue weighted by atomic mass is 16.1. The summed E-state index contributed by atoms with van der Waals surface area (Å²) in [7, 11) is 0. The summed E-state index contributed by atoms with van der Waals surface area (Å²) >= 11 is 0. The monoisotopic (exact) mass is 357 g/mol. The van der Waals surface area contributed by atoms with Crippen LogP contribution in [0.2, 0.25) is 0 Å². The third kappa shape index (κ3) is 5.72. The summed E-state index contributed by atoms with van der Waals surface area (Å²) < 4.78 is 0. The number of nitriles is 1. The maximum Gasteiger partial charge on any atom is 0.264 e. The first kappa shape index (κ1) is 19.7. The third-order valence-electron chi connectivity index (χ3n) is 3.95. The van der Waals surface area contributed by atoms with Gasteiger partial charge in [-0.05, 0) is 11.1 Å². The smallest absolute Gasteiger partial charge is 0.264 e. The van der Waals surface area contributed by atoms with Gasteiger partial charge in [-0.25, -0.2) is 0 Å². The topological polar surface area (TPSA) is 56.1 Å². The Kier molecular flexibility index (Phi) is 7.62. The third-order valence-corrected chi connectivity index (χ3v) is 3.95. The molecule has 0 aliphatic carbocycles. The summed E-state index contributed by atoms with van der Waals surface area (Å²) in [6, 6.07) is 21.0. The summed E-state index contributed by atoms with van der Waals surface area (Å²) in [5.74, 6) is -0.423. The average molecular weight is 357 g/mol. The second-order valence-corrected chi connectivity index (χ2v) is 5.91. The van der Waals surface area contributed by atoms with Gasteiger partial charge in [0, 0.05) is 19.3 Å². The number of nitrogens with zero attached hydrogens (tertiary/aromatic N) is 2. The fourth-order valence-electron chi connectivity index (χ4n) is 2.69. The molecule has 0 fully saturated rings. The number of carbonyl (C=O) groups excluding carboxylic acids is 1. The number of benzene rings is 2. The lowest BCUT2D eigenvalue weighted by Crippen LogP contribution is -2.31. The predicted octanol–water partition coefficient (Wildman–Crippen LogP) is 3.97. The van der Waals surface area contributed by atoms with Crippen LogP contribution in [-0.4, -0.2) is 23.9 Å². The second kappa shape index (κ2) is 10.4. The van der Waals surface area contributed by atoms with Crippen molar-refractivity contribution >= 4 is 5.91 Å². The van der Waals surface area contributed by atoms with Crippen LogP contribution in [0.4, 0.5) is 0 Å². The second-order valence-electron chi connectivity index (χ2n) is 5.91. The van der Waals surface area contributed by atoms with E-state index in [1.807, 2.05) is 66.7 Å². The van der Waals surface area contributed by atoms with Crippen molar-refractivity contribution in [2.75, 3.05) is 13.1 Å². The van der Waals surface area contributed by atoms with E-state index < -0.39 is 5.91 Å². The van der Waals surface area contributed by atoms with E-state index in [-0.39, 0.29) is 11.6 Å². The van der Waals surface area contributed by atoms with Gasteiger partial charge in [-0.15, -0.1) is 13.2 Å². The summed E-state index contributed by atoms with van der Waals surface area (Å²) in [5.41, 5.74) is 1.93. The highest BCUT2D eigenvalue weighted by molar-refractivity contribution is 5.97. The highest BCUT2D eigenvalue weighted by Crippen LogP contribution is 2.22. The Hall–Kier alpha value is -3.58. The number of amides is 1. The molecule has 1 N–H and O–H groups in total.